The minimum atomic E-state index is 0.614. The summed E-state index contributed by atoms with van der Waals surface area (Å²) in [6.07, 6.45) is 6.13. The molecule has 0 aliphatic rings. The Kier molecular flexibility index (Phi) is 7.20. The van der Waals surface area contributed by atoms with Crippen molar-refractivity contribution in [2.24, 2.45) is 0 Å². The largest absolute Gasteiger partial charge is 0.493 e. The smallest absolute Gasteiger partial charge is 0.161 e. The first-order valence-corrected chi connectivity index (χ1v) is 8.40. The molecule has 0 amide bonds. The van der Waals surface area contributed by atoms with Crippen LogP contribution in [0, 0.1) is 0 Å². The zero-order chi connectivity index (χ0) is 18.1. The monoisotopic (exact) mass is 342 g/mol. The number of ether oxygens (including phenoxy) is 4. The van der Waals surface area contributed by atoms with Crippen LogP contribution in [0.15, 0.2) is 42.5 Å². The number of benzene rings is 2. The van der Waals surface area contributed by atoms with Gasteiger partial charge < -0.3 is 18.9 Å². The normalized spacial score (nSPS) is 10.7. The number of methoxy groups -OCH3 is 3. The van der Waals surface area contributed by atoms with E-state index in [1.165, 1.54) is 5.56 Å². The maximum atomic E-state index is 5.61. The van der Waals surface area contributed by atoms with Crippen molar-refractivity contribution in [2.45, 2.75) is 19.8 Å². The van der Waals surface area contributed by atoms with Crippen molar-refractivity contribution in [2.75, 3.05) is 27.9 Å². The van der Waals surface area contributed by atoms with Crippen molar-refractivity contribution in [3.05, 3.63) is 53.6 Å². The number of hydrogen-bond donors (Lipinski definition) is 0. The molecule has 2 aromatic carbocycles. The third kappa shape index (κ3) is 5.18. The molecule has 0 fully saturated rings. The van der Waals surface area contributed by atoms with Crippen LogP contribution in [0.4, 0.5) is 0 Å². The van der Waals surface area contributed by atoms with Gasteiger partial charge in [-0.2, -0.15) is 0 Å². The molecule has 0 bridgehead atoms. The van der Waals surface area contributed by atoms with Crippen molar-refractivity contribution in [1.29, 1.82) is 0 Å². The first-order chi connectivity index (χ1) is 12.2. The highest BCUT2D eigenvalue weighted by atomic mass is 16.5. The summed E-state index contributed by atoms with van der Waals surface area (Å²) in [6.45, 7) is 2.58. The summed E-state index contributed by atoms with van der Waals surface area (Å²) >= 11 is 0. The van der Waals surface area contributed by atoms with Crippen molar-refractivity contribution in [1.82, 2.24) is 0 Å². The average Bonchev–Trinajstić information content (AvgIpc) is 2.65. The minimum absolute atomic E-state index is 0.614. The first kappa shape index (κ1) is 18.7. The van der Waals surface area contributed by atoms with Gasteiger partial charge in [-0.1, -0.05) is 24.3 Å². The van der Waals surface area contributed by atoms with E-state index in [1.807, 2.05) is 37.3 Å². The third-order valence-electron chi connectivity index (χ3n) is 3.85. The Morgan fingerprint density at radius 2 is 1.48 bits per heavy atom. The summed E-state index contributed by atoms with van der Waals surface area (Å²) in [5.41, 5.74) is 2.31. The third-order valence-corrected chi connectivity index (χ3v) is 3.85. The van der Waals surface area contributed by atoms with Gasteiger partial charge in [0.05, 0.1) is 27.9 Å². The van der Waals surface area contributed by atoms with Gasteiger partial charge in [-0.25, -0.2) is 0 Å². The fraction of sp³-hybridized carbons (Fsp3) is 0.333. The van der Waals surface area contributed by atoms with Gasteiger partial charge in [-0.15, -0.1) is 0 Å². The molecule has 0 unspecified atom stereocenters. The summed E-state index contributed by atoms with van der Waals surface area (Å²) in [6, 6.07) is 12.0. The Hall–Kier alpha value is -2.62. The molecule has 134 valence electrons. The van der Waals surface area contributed by atoms with Crippen LogP contribution < -0.4 is 18.9 Å². The van der Waals surface area contributed by atoms with Gasteiger partial charge in [0.25, 0.3) is 0 Å². The van der Waals surface area contributed by atoms with E-state index in [4.69, 9.17) is 18.9 Å². The average molecular weight is 342 g/mol. The van der Waals surface area contributed by atoms with Crippen LogP contribution >= 0.6 is 0 Å². The fourth-order valence-electron chi connectivity index (χ4n) is 2.57. The van der Waals surface area contributed by atoms with Crippen LogP contribution in [0.5, 0.6) is 23.0 Å². The lowest BCUT2D eigenvalue weighted by Crippen LogP contribution is -1.95. The molecule has 0 aliphatic heterocycles. The molecule has 2 aromatic rings. The highest BCUT2D eigenvalue weighted by Crippen LogP contribution is 2.29. The van der Waals surface area contributed by atoms with E-state index in [0.717, 1.165) is 41.4 Å². The predicted molar refractivity (Wildman–Crippen MR) is 101 cm³/mol. The van der Waals surface area contributed by atoms with E-state index < -0.39 is 0 Å². The van der Waals surface area contributed by atoms with Gasteiger partial charge in [-0.3, -0.25) is 0 Å². The standard InChI is InChI=1S/C21H26O4/c1-5-25-21-15-17(11-13-19(21)23-3)9-7-6-8-16-10-12-18(22-2)20(14-16)24-4/h7,9-15H,5-6,8H2,1-4H3. The molecule has 0 saturated carbocycles. The summed E-state index contributed by atoms with van der Waals surface area (Å²) in [4.78, 5) is 0. The molecule has 4 nitrogen and oxygen atoms in total. The van der Waals surface area contributed by atoms with Gasteiger partial charge in [0.15, 0.2) is 23.0 Å². The van der Waals surface area contributed by atoms with Crippen LogP contribution in [0.3, 0.4) is 0 Å². The van der Waals surface area contributed by atoms with Gasteiger partial charge in [0, 0.05) is 0 Å². The van der Waals surface area contributed by atoms with Gasteiger partial charge in [-0.05, 0) is 55.2 Å². The van der Waals surface area contributed by atoms with Crippen molar-refractivity contribution in [3.8, 4) is 23.0 Å². The summed E-state index contributed by atoms with van der Waals surface area (Å²) in [5.74, 6) is 3.04. The van der Waals surface area contributed by atoms with Crippen LogP contribution in [-0.4, -0.2) is 27.9 Å². The summed E-state index contributed by atoms with van der Waals surface area (Å²) in [7, 11) is 4.95. The molecule has 2 rings (SSSR count). The van der Waals surface area contributed by atoms with Crippen LogP contribution in [-0.2, 0) is 6.42 Å². The molecule has 0 saturated heterocycles. The molecule has 0 spiro atoms. The number of rotatable bonds is 9. The second kappa shape index (κ2) is 9.62. The summed E-state index contributed by atoms with van der Waals surface area (Å²) in [5, 5.41) is 0. The van der Waals surface area contributed by atoms with E-state index >= 15 is 0 Å². The molecule has 0 heterocycles. The SMILES string of the molecule is CCOc1cc(C=CCCc2ccc(OC)c(OC)c2)ccc1OC. The minimum Gasteiger partial charge on any atom is -0.493 e. The summed E-state index contributed by atoms with van der Waals surface area (Å²) < 4.78 is 21.5. The van der Waals surface area contributed by atoms with E-state index in [2.05, 4.69) is 18.2 Å². The Balaban J connectivity index is 1.98. The lowest BCUT2D eigenvalue weighted by molar-refractivity contribution is 0.311. The quantitative estimate of drug-likeness (QED) is 0.658. The van der Waals surface area contributed by atoms with Crippen molar-refractivity contribution in [3.63, 3.8) is 0 Å². The lowest BCUT2D eigenvalue weighted by Gasteiger charge is -2.10. The first-order valence-electron chi connectivity index (χ1n) is 8.40. The lowest BCUT2D eigenvalue weighted by atomic mass is 10.1. The fourth-order valence-corrected chi connectivity index (χ4v) is 2.57. The maximum Gasteiger partial charge on any atom is 0.161 e. The van der Waals surface area contributed by atoms with Crippen LogP contribution in [0.25, 0.3) is 6.08 Å². The second-order valence-corrected chi connectivity index (χ2v) is 5.47. The van der Waals surface area contributed by atoms with Gasteiger partial charge in [0.2, 0.25) is 0 Å². The molecule has 0 aliphatic carbocycles. The van der Waals surface area contributed by atoms with Gasteiger partial charge in [0.1, 0.15) is 0 Å². The highest BCUT2D eigenvalue weighted by molar-refractivity contribution is 5.56. The number of allylic oxidation sites excluding steroid dienone is 1. The molecule has 0 aromatic heterocycles. The Morgan fingerprint density at radius 3 is 2.16 bits per heavy atom. The molecule has 0 radical (unpaired) electrons. The molecule has 0 N–H and O–H groups in total. The van der Waals surface area contributed by atoms with Crippen LogP contribution in [0.2, 0.25) is 0 Å². The molecular formula is C21H26O4. The zero-order valence-corrected chi connectivity index (χ0v) is 15.4. The Labute approximate surface area is 150 Å². The van der Waals surface area contributed by atoms with Crippen molar-refractivity contribution >= 4 is 6.08 Å². The second-order valence-electron chi connectivity index (χ2n) is 5.47. The predicted octanol–water partition coefficient (Wildman–Crippen LogP) is 4.76. The zero-order valence-electron chi connectivity index (χ0n) is 15.4. The molecular weight excluding hydrogens is 316 g/mol. The molecule has 0 atom stereocenters. The highest BCUT2D eigenvalue weighted by Gasteiger charge is 2.05. The maximum absolute atomic E-state index is 5.61. The Bertz CT molecular complexity index is 707. The van der Waals surface area contributed by atoms with E-state index in [-0.39, 0.29) is 0 Å². The van der Waals surface area contributed by atoms with Crippen LogP contribution in [0.1, 0.15) is 24.5 Å². The number of hydrogen-bond acceptors (Lipinski definition) is 4. The number of aryl methyl sites for hydroxylation is 1. The van der Waals surface area contributed by atoms with E-state index in [0.29, 0.717) is 6.61 Å². The Morgan fingerprint density at radius 1 is 0.800 bits per heavy atom. The van der Waals surface area contributed by atoms with Crippen molar-refractivity contribution < 1.29 is 18.9 Å². The van der Waals surface area contributed by atoms with E-state index in [1.54, 1.807) is 21.3 Å². The topological polar surface area (TPSA) is 36.9 Å². The van der Waals surface area contributed by atoms with Gasteiger partial charge >= 0.3 is 0 Å². The molecule has 25 heavy (non-hydrogen) atoms. The molecule has 4 heteroatoms. The van der Waals surface area contributed by atoms with E-state index in [9.17, 15) is 0 Å².